The normalized spacial score (nSPS) is 10.6. The van der Waals surface area contributed by atoms with Gasteiger partial charge in [0.2, 0.25) is 0 Å². The summed E-state index contributed by atoms with van der Waals surface area (Å²) in [6, 6.07) is 9.27. The van der Waals surface area contributed by atoms with Crippen LogP contribution >= 0.6 is 11.3 Å². The molecule has 0 atom stereocenters. The highest BCUT2D eigenvalue weighted by Crippen LogP contribution is 2.21. The molecule has 0 spiro atoms. The van der Waals surface area contributed by atoms with Crippen molar-refractivity contribution in [1.82, 2.24) is 20.5 Å². The van der Waals surface area contributed by atoms with Crippen molar-refractivity contribution in [3.63, 3.8) is 0 Å². The van der Waals surface area contributed by atoms with E-state index in [9.17, 15) is 4.79 Å². The van der Waals surface area contributed by atoms with E-state index in [4.69, 9.17) is 4.74 Å². The molecule has 0 aliphatic heterocycles. The number of carbonyl (C=O) groups is 1. The maximum atomic E-state index is 12.2. The van der Waals surface area contributed by atoms with Crippen LogP contribution in [0, 0.1) is 6.92 Å². The van der Waals surface area contributed by atoms with Crippen LogP contribution in [0.1, 0.15) is 21.2 Å². The van der Waals surface area contributed by atoms with Crippen molar-refractivity contribution in [1.29, 1.82) is 0 Å². The van der Waals surface area contributed by atoms with E-state index in [0.29, 0.717) is 12.2 Å². The van der Waals surface area contributed by atoms with Crippen molar-refractivity contribution in [2.75, 3.05) is 13.7 Å². The molecule has 24 heavy (non-hydrogen) atoms. The maximum Gasteiger partial charge on any atom is 0.269 e. The van der Waals surface area contributed by atoms with Crippen molar-refractivity contribution >= 4 is 17.2 Å². The number of thiazole rings is 1. The number of methoxy groups -OCH3 is 1. The van der Waals surface area contributed by atoms with Gasteiger partial charge in [0, 0.05) is 29.6 Å². The number of amides is 1. The van der Waals surface area contributed by atoms with Crippen molar-refractivity contribution in [2.45, 2.75) is 13.3 Å². The van der Waals surface area contributed by atoms with Crippen LogP contribution in [-0.2, 0) is 6.42 Å². The lowest BCUT2D eigenvalue weighted by Crippen LogP contribution is -2.26. The summed E-state index contributed by atoms with van der Waals surface area (Å²) in [7, 11) is 1.62. The molecule has 1 aromatic carbocycles. The number of carbonyl (C=O) groups excluding carboxylic acids is 1. The summed E-state index contributed by atoms with van der Waals surface area (Å²) in [6.45, 7) is 2.51. The Kier molecular flexibility index (Phi) is 4.90. The van der Waals surface area contributed by atoms with Gasteiger partial charge in [-0.1, -0.05) is 0 Å². The predicted molar refractivity (Wildman–Crippen MR) is 93.5 cm³/mol. The topological polar surface area (TPSA) is 79.9 Å². The number of aromatic nitrogens is 3. The fraction of sp³-hybridized carbons (Fsp3) is 0.235. The van der Waals surface area contributed by atoms with E-state index in [0.717, 1.165) is 34.1 Å². The van der Waals surface area contributed by atoms with Crippen LogP contribution in [0.15, 0.2) is 35.7 Å². The van der Waals surface area contributed by atoms with Crippen LogP contribution in [0.3, 0.4) is 0 Å². The standard InChI is InChI=1S/C17H18N4O2S/c1-11-10-24-16(19-11)7-8-18-17(22)15-9-14(20-21-15)12-3-5-13(23-2)6-4-12/h3-6,9-10H,7-8H2,1-2H3,(H,18,22)(H,20,21). The summed E-state index contributed by atoms with van der Waals surface area (Å²) < 4.78 is 5.13. The fourth-order valence-corrected chi connectivity index (χ4v) is 3.02. The van der Waals surface area contributed by atoms with Gasteiger partial charge in [-0.05, 0) is 37.3 Å². The second kappa shape index (κ2) is 7.27. The smallest absolute Gasteiger partial charge is 0.269 e. The minimum atomic E-state index is -0.171. The van der Waals surface area contributed by atoms with E-state index in [-0.39, 0.29) is 5.91 Å². The van der Waals surface area contributed by atoms with E-state index in [2.05, 4.69) is 20.5 Å². The molecule has 0 unspecified atom stereocenters. The molecule has 7 heteroatoms. The third-order valence-electron chi connectivity index (χ3n) is 3.50. The van der Waals surface area contributed by atoms with Gasteiger partial charge in [0.15, 0.2) is 0 Å². The minimum absolute atomic E-state index is 0.171. The Morgan fingerprint density at radius 3 is 2.79 bits per heavy atom. The molecule has 0 bridgehead atoms. The predicted octanol–water partition coefficient (Wildman–Crippen LogP) is 2.82. The summed E-state index contributed by atoms with van der Waals surface area (Å²) in [5.74, 6) is 0.611. The van der Waals surface area contributed by atoms with Crippen LogP contribution in [0.5, 0.6) is 5.75 Å². The second-order valence-electron chi connectivity index (χ2n) is 5.28. The molecular formula is C17H18N4O2S. The number of benzene rings is 1. The van der Waals surface area contributed by atoms with Gasteiger partial charge in [-0.15, -0.1) is 11.3 Å². The van der Waals surface area contributed by atoms with Gasteiger partial charge in [-0.2, -0.15) is 5.10 Å². The van der Waals surface area contributed by atoms with Crippen LogP contribution < -0.4 is 10.1 Å². The number of aromatic amines is 1. The van der Waals surface area contributed by atoms with Gasteiger partial charge in [0.1, 0.15) is 11.4 Å². The lowest BCUT2D eigenvalue weighted by atomic mass is 10.1. The Labute approximate surface area is 143 Å². The van der Waals surface area contributed by atoms with Crippen LogP contribution in [0.4, 0.5) is 0 Å². The number of hydrogen-bond donors (Lipinski definition) is 2. The molecule has 2 N–H and O–H groups in total. The molecule has 124 valence electrons. The molecule has 0 saturated heterocycles. The third kappa shape index (κ3) is 3.80. The molecule has 2 aromatic heterocycles. The van der Waals surface area contributed by atoms with Gasteiger partial charge >= 0.3 is 0 Å². The first-order valence-electron chi connectivity index (χ1n) is 7.55. The van der Waals surface area contributed by atoms with E-state index in [1.807, 2.05) is 36.6 Å². The molecule has 3 rings (SSSR count). The van der Waals surface area contributed by atoms with E-state index < -0.39 is 0 Å². The van der Waals surface area contributed by atoms with Gasteiger partial charge in [-0.3, -0.25) is 9.89 Å². The molecule has 0 radical (unpaired) electrons. The Bertz CT molecular complexity index is 823. The number of rotatable bonds is 6. The molecule has 0 aliphatic carbocycles. The number of hydrogen-bond acceptors (Lipinski definition) is 5. The zero-order valence-electron chi connectivity index (χ0n) is 13.5. The van der Waals surface area contributed by atoms with Gasteiger partial charge < -0.3 is 10.1 Å². The molecule has 0 saturated carbocycles. The Morgan fingerprint density at radius 1 is 1.33 bits per heavy atom. The highest BCUT2D eigenvalue weighted by Gasteiger charge is 2.11. The van der Waals surface area contributed by atoms with Crippen molar-refractivity contribution in [3.8, 4) is 17.0 Å². The lowest BCUT2D eigenvalue weighted by molar-refractivity contribution is 0.0949. The summed E-state index contributed by atoms with van der Waals surface area (Å²) in [6.07, 6.45) is 0.726. The van der Waals surface area contributed by atoms with E-state index in [1.54, 1.807) is 24.5 Å². The van der Waals surface area contributed by atoms with Crippen molar-refractivity contribution in [3.05, 3.63) is 52.1 Å². The molecule has 1 amide bonds. The van der Waals surface area contributed by atoms with Gasteiger partial charge in [0.25, 0.3) is 5.91 Å². The minimum Gasteiger partial charge on any atom is -0.497 e. The van der Waals surface area contributed by atoms with Crippen LogP contribution in [0.25, 0.3) is 11.3 Å². The molecular weight excluding hydrogens is 324 g/mol. The molecule has 0 aliphatic rings. The average Bonchev–Trinajstić information content (AvgIpc) is 3.24. The monoisotopic (exact) mass is 342 g/mol. The largest absolute Gasteiger partial charge is 0.497 e. The molecule has 2 heterocycles. The first kappa shape index (κ1) is 16.2. The van der Waals surface area contributed by atoms with Crippen LogP contribution in [0.2, 0.25) is 0 Å². The summed E-state index contributed by atoms with van der Waals surface area (Å²) in [5.41, 5.74) is 3.10. The third-order valence-corrected chi connectivity index (χ3v) is 4.53. The summed E-state index contributed by atoms with van der Waals surface area (Å²) in [4.78, 5) is 16.5. The zero-order chi connectivity index (χ0) is 16.9. The first-order valence-corrected chi connectivity index (χ1v) is 8.42. The first-order chi connectivity index (χ1) is 11.7. The Hall–Kier alpha value is -2.67. The summed E-state index contributed by atoms with van der Waals surface area (Å²) >= 11 is 1.61. The molecule has 3 aromatic rings. The second-order valence-corrected chi connectivity index (χ2v) is 6.23. The average molecular weight is 342 g/mol. The molecule has 6 nitrogen and oxygen atoms in total. The number of nitrogens with one attached hydrogen (secondary N) is 2. The number of ether oxygens (including phenoxy) is 1. The number of aryl methyl sites for hydroxylation is 1. The Morgan fingerprint density at radius 2 is 2.12 bits per heavy atom. The van der Waals surface area contributed by atoms with Gasteiger partial charge in [0.05, 0.1) is 17.8 Å². The Balaban J connectivity index is 1.58. The lowest BCUT2D eigenvalue weighted by Gasteiger charge is -2.01. The molecule has 0 fully saturated rings. The van der Waals surface area contributed by atoms with E-state index in [1.165, 1.54) is 0 Å². The quantitative estimate of drug-likeness (QED) is 0.722. The maximum absolute atomic E-state index is 12.2. The van der Waals surface area contributed by atoms with Crippen LogP contribution in [-0.4, -0.2) is 34.7 Å². The zero-order valence-corrected chi connectivity index (χ0v) is 14.3. The van der Waals surface area contributed by atoms with E-state index >= 15 is 0 Å². The van der Waals surface area contributed by atoms with Crippen molar-refractivity contribution in [2.24, 2.45) is 0 Å². The number of H-pyrrole nitrogens is 1. The SMILES string of the molecule is COc1ccc(-c2cc(C(=O)NCCc3nc(C)cs3)[nH]n2)cc1. The number of nitrogens with zero attached hydrogens (tertiary/aromatic N) is 2. The van der Waals surface area contributed by atoms with Crippen molar-refractivity contribution < 1.29 is 9.53 Å². The summed E-state index contributed by atoms with van der Waals surface area (Å²) in [5, 5.41) is 12.9. The highest BCUT2D eigenvalue weighted by molar-refractivity contribution is 7.09. The van der Waals surface area contributed by atoms with Gasteiger partial charge in [-0.25, -0.2) is 4.98 Å². The highest BCUT2D eigenvalue weighted by atomic mass is 32.1. The fourth-order valence-electron chi connectivity index (χ4n) is 2.24.